The Labute approximate surface area is 219 Å². The van der Waals surface area contributed by atoms with Gasteiger partial charge in [0.25, 0.3) is 0 Å². The summed E-state index contributed by atoms with van der Waals surface area (Å²) in [4.78, 5) is 9.01. The van der Waals surface area contributed by atoms with Crippen LogP contribution in [0.15, 0.2) is 71.9 Å². The van der Waals surface area contributed by atoms with Gasteiger partial charge < -0.3 is 24.8 Å². The van der Waals surface area contributed by atoms with Crippen molar-refractivity contribution in [2.24, 2.45) is 4.99 Å². The van der Waals surface area contributed by atoms with E-state index in [0.717, 1.165) is 59.5 Å². The highest BCUT2D eigenvalue weighted by Gasteiger charge is 2.05. The van der Waals surface area contributed by atoms with Gasteiger partial charge in [0.05, 0.1) is 26.5 Å². The van der Waals surface area contributed by atoms with Gasteiger partial charge in [-0.1, -0.05) is 24.3 Å². The minimum Gasteiger partial charge on any atom is -0.493 e. The molecule has 2 N–H and O–H groups in total. The Hall–Kier alpha value is -3.01. The predicted octanol–water partition coefficient (Wildman–Crippen LogP) is 4.59. The molecule has 3 aromatic rings. The minimum atomic E-state index is 0. The van der Waals surface area contributed by atoms with Gasteiger partial charge in [-0.05, 0) is 60.9 Å². The van der Waals surface area contributed by atoms with E-state index in [2.05, 4.69) is 22.5 Å². The molecule has 0 saturated carbocycles. The predicted molar refractivity (Wildman–Crippen MR) is 146 cm³/mol. The van der Waals surface area contributed by atoms with Crippen molar-refractivity contribution in [1.29, 1.82) is 0 Å². The average Bonchev–Trinajstić information content (AvgIpc) is 2.86. The van der Waals surface area contributed by atoms with Crippen LogP contribution in [-0.4, -0.2) is 38.3 Å². The number of nitrogens with zero attached hydrogens (tertiary/aromatic N) is 2. The van der Waals surface area contributed by atoms with E-state index in [1.54, 1.807) is 20.4 Å². The lowest BCUT2D eigenvalue weighted by Gasteiger charge is -2.13. The molecule has 34 heavy (non-hydrogen) atoms. The molecular weight excluding hydrogens is 543 g/mol. The third-order valence-corrected chi connectivity index (χ3v) is 4.93. The second kappa shape index (κ2) is 15.0. The van der Waals surface area contributed by atoms with Crippen LogP contribution >= 0.6 is 24.0 Å². The normalized spacial score (nSPS) is 10.7. The first kappa shape index (κ1) is 27.2. The van der Waals surface area contributed by atoms with Crippen molar-refractivity contribution < 1.29 is 14.2 Å². The summed E-state index contributed by atoms with van der Waals surface area (Å²) in [7, 11) is 3.29. The largest absolute Gasteiger partial charge is 0.493 e. The summed E-state index contributed by atoms with van der Waals surface area (Å²) >= 11 is 0. The Morgan fingerprint density at radius 3 is 2.50 bits per heavy atom. The van der Waals surface area contributed by atoms with Crippen LogP contribution in [0.3, 0.4) is 0 Å². The number of aliphatic imine (C=N–C) groups is 1. The number of ether oxygens (including phenoxy) is 3. The number of benzene rings is 2. The molecule has 182 valence electrons. The number of methoxy groups -OCH3 is 2. The summed E-state index contributed by atoms with van der Waals surface area (Å²) in [6.07, 6.45) is 2.60. The van der Waals surface area contributed by atoms with Crippen molar-refractivity contribution in [2.45, 2.75) is 26.5 Å². The number of halogens is 1. The van der Waals surface area contributed by atoms with E-state index in [0.29, 0.717) is 13.2 Å². The van der Waals surface area contributed by atoms with Gasteiger partial charge in [-0.15, -0.1) is 24.0 Å². The van der Waals surface area contributed by atoms with Crippen molar-refractivity contribution >= 4 is 29.9 Å². The first-order chi connectivity index (χ1) is 16.2. The second-order valence-corrected chi connectivity index (χ2v) is 7.32. The fraction of sp³-hybridized carbons (Fsp3) is 0.308. The first-order valence-corrected chi connectivity index (χ1v) is 11.1. The summed E-state index contributed by atoms with van der Waals surface area (Å²) in [6.45, 7) is 4.57. The third kappa shape index (κ3) is 8.74. The molecule has 0 unspecified atom stereocenters. The van der Waals surface area contributed by atoms with E-state index in [1.807, 2.05) is 60.7 Å². The van der Waals surface area contributed by atoms with E-state index < -0.39 is 0 Å². The highest BCUT2D eigenvalue weighted by molar-refractivity contribution is 14.0. The molecule has 3 rings (SSSR count). The Morgan fingerprint density at radius 1 is 0.912 bits per heavy atom. The van der Waals surface area contributed by atoms with Crippen LogP contribution in [0.4, 0.5) is 0 Å². The van der Waals surface area contributed by atoms with E-state index in [1.165, 1.54) is 0 Å². The second-order valence-electron chi connectivity index (χ2n) is 7.32. The lowest BCUT2D eigenvalue weighted by atomic mass is 10.1. The van der Waals surface area contributed by atoms with Crippen LogP contribution in [-0.2, 0) is 19.6 Å². The number of hydrogen-bond acceptors (Lipinski definition) is 5. The van der Waals surface area contributed by atoms with E-state index in [9.17, 15) is 0 Å². The number of pyridine rings is 1. The smallest absolute Gasteiger partial charge is 0.191 e. The van der Waals surface area contributed by atoms with Gasteiger partial charge in [-0.25, -0.2) is 4.99 Å². The molecule has 1 aromatic heterocycles. The molecule has 8 heteroatoms. The number of guanidine groups is 1. The Bertz CT molecular complexity index is 1030. The lowest BCUT2D eigenvalue weighted by Crippen LogP contribution is -2.38. The summed E-state index contributed by atoms with van der Waals surface area (Å²) in [5.41, 5.74) is 3.13. The van der Waals surface area contributed by atoms with Crippen LogP contribution < -0.4 is 24.8 Å². The maximum atomic E-state index is 5.87. The van der Waals surface area contributed by atoms with Gasteiger partial charge in [0.2, 0.25) is 0 Å². The average molecular weight is 576 g/mol. The summed E-state index contributed by atoms with van der Waals surface area (Å²) < 4.78 is 16.6. The highest BCUT2D eigenvalue weighted by atomic mass is 127. The topological polar surface area (TPSA) is 77.0 Å². The zero-order valence-corrected chi connectivity index (χ0v) is 22.2. The van der Waals surface area contributed by atoms with Crippen LogP contribution in [0.2, 0.25) is 0 Å². The lowest BCUT2D eigenvalue weighted by molar-refractivity contribution is 0.301. The molecule has 0 aliphatic heterocycles. The fourth-order valence-corrected chi connectivity index (χ4v) is 3.25. The number of nitrogens with one attached hydrogen (secondary N) is 2. The Morgan fingerprint density at radius 2 is 1.76 bits per heavy atom. The van der Waals surface area contributed by atoms with E-state index >= 15 is 0 Å². The molecule has 0 fully saturated rings. The monoisotopic (exact) mass is 576 g/mol. The SMILES string of the molecule is CCNC(=NCc1cccc(OCc2ccccn2)c1)NCCc1ccc(OC)c(OC)c1.I. The van der Waals surface area contributed by atoms with Crippen molar-refractivity contribution in [3.8, 4) is 17.2 Å². The van der Waals surface area contributed by atoms with Gasteiger partial charge >= 0.3 is 0 Å². The van der Waals surface area contributed by atoms with E-state index in [4.69, 9.17) is 19.2 Å². The minimum absolute atomic E-state index is 0. The van der Waals surface area contributed by atoms with E-state index in [-0.39, 0.29) is 24.0 Å². The molecule has 0 aliphatic carbocycles. The Balaban J connectivity index is 0.00000408. The quantitative estimate of drug-likeness (QED) is 0.198. The highest BCUT2D eigenvalue weighted by Crippen LogP contribution is 2.27. The first-order valence-electron chi connectivity index (χ1n) is 11.1. The Kier molecular flexibility index (Phi) is 12.0. The molecule has 0 spiro atoms. The van der Waals surface area contributed by atoms with Gasteiger partial charge in [0.15, 0.2) is 17.5 Å². The zero-order chi connectivity index (χ0) is 23.3. The van der Waals surface area contributed by atoms with Gasteiger partial charge in [0, 0.05) is 19.3 Å². The molecule has 1 heterocycles. The molecule has 7 nitrogen and oxygen atoms in total. The van der Waals surface area contributed by atoms with Crippen LogP contribution in [0, 0.1) is 0 Å². The number of rotatable bonds is 11. The fourth-order valence-electron chi connectivity index (χ4n) is 3.25. The van der Waals surface area contributed by atoms with Crippen LogP contribution in [0.5, 0.6) is 17.2 Å². The van der Waals surface area contributed by atoms with Crippen LogP contribution in [0.1, 0.15) is 23.7 Å². The standard InChI is InChI=1S/C26H32N4O3.HI/c1-4-27-26(29-15-13-20-11-12-24(31-2)25(17-20)32-3)30-18-21-8-7-10-23(16-21)33-19-22-9-5-6-14-28-22;/h5-12,14,16-17H,4,13,15,18-19H2,1-3H3,(H2,27,29,30);1H. The molecule has 0 radical (unpaired) electrons. The van der Waals surface area contributed by atoms with Crippen LogP contribution in [0.25, 0.3) is 0 Å². The zero-order valence-electron chi connectivity index (χ0n) is 19.9. The molecule has 0 atom stereocenters. The van der Waals surface area contributed by atoms with Crippen molar-refractivity contribution in [1.82, 2.24) is 15.6 Å². The molecular formula is C26H33IN4O3. The van der Waals surface area contributed by atoms with Gasteiger partial charge in [0.1, 0.15) is 12.4 Å². The molecule has 0 bridgehead atoms. The maximum Gasteiger partial charge on any atom is 0.191 e. The summed E-state index contributed by atoms with van der Waals surface area (Å²) in [5.74, 6) is 3.05. The maximum absolute atomic E-state index is 5.87. The van der Waals surface area contributed by atoms with Crippen molar-refractivity contribution in [3.05, 3.63) is 83.7 Å². The van der Waals surface area contributed by atoms with Crippen molar-refractivity contribution in [3.63, 3.8) is 0 Å². The summed E-state index contributed by atoms with van der Waals surface area (Å²) in [5, 5.41) is 6.69. The third-order valence-electron chi connectivity index (χ3n) is 4.93. The van der Waals surface area contributed by atoms with Gasteiger partial charge in [-0.3, -0.25) is 4.98 Å². The number of hydrogen-bond donors (Lipinski definition) is 2. The molecule has 0 saturated heterocycles. The molecule has 0 amide bonds. The van der Waals surface area contributed by atoms with Crippen molar-refractivity contribution in [2.75, 3.05) is 27.3 Å². The summed E-state index contributed by atoms with van der Waals surface area (Å²) in [6, 6.07) is 19.8. The molecule has 2 aromatic carbocycles. The number of aromatic nitrogens is 1. The molecule has 0 aliphatic rings. The van der Waals surface area contributed by atoms with Gasteiger partial charge in [-0.2, -0.15) is 0 Å².